The van der Waals surface area contributed by atoms with E-state index >= 15 is 0 Å². The van der Waals surface area contributed by atoms with E-state index in [1.807, 2.05) is 18.2 Å². The summed E-state index contributed by atoms with van der Waals surface area (Å²) in [5.74, 6) is -0.129. The Bertz CT molecular complexity index is 391. The predicted octanol–water partition coefficient (Wildman–Crippen LogP) is -0.418. The highest BCUT2D eigenvalue weighted by molar-refractivity contribution is 5.92. The first-order chi connectivity index (χ1) is 7.75. The SMILES string of the molecule is O=C1CN(CCc2ccccn2)C(=O)CN1. The maximum absolute atomic E-state index is 11.5. The second-order valence-electron chi connectivity index (χ2n) is 3.66. The van der Waals surface area contributed by atoms with Crippen LogP contribution < -0.4 is 5.32 Å². The molecule has 0 aliphatic carbocycles. The number of carbonyl (C=O) groups excluding carboxylic acids is 2. The third-order valence-electron chi connectivity index (χ3n) is 2.49. The molecule has 0 radical (unpaired) electrons. The number of carbonyl (C=O) groups is 2. The monoisotopic (exact) mass is 219 g/mol. The lowest BCUT2D eigenvalue weighted by molar-refractivity contribution is -0.140. The molecule has 1 aromatic heterocycles. The third-order valence-corrected chi connectivity index (χ3v) is 2.49. The first-order valence-electron chi connectivity index (χ1n) is 5.20. The summed E-state index contributed by atoms with van der Waals surface area (Å²) in [6.07, 6.45) is 2.40. The molecule has 16 heavy (non-hydrogen) atoms. The Hall–Kier alpha value is -1.91. The first-order valence-corrected chi connectivity index (χ1v) is 5.20. The van der Waals surface area contributed by atoms with Crippen molar-refractivity contribution in [2.24, 2.45) is 0 Å². The van der Waals surface area contributed by atoms with E-state index in [0.717, 1.165) is 5.69 Å². The fraction of sp³-hybridized carbons (Fsp3) is 0.364. The fourth-order valence-electron chi connectivity index (χ4n) is 1.60. The van der Waals surface area contributed by atoms with Crippen molar-refractivity contribution < 1.29 is 9.59 Å². The normalized spacial score (nSPS) is 16.1. The van der Waals surface area contributed by atoms with Crippen LogP contribution in [0.2, 0.25) is 0 Å². The van der Waals surface area contributed by atoms with Crippen LogP contribution >= 0.6 is 0 Å². The van der Waals surface area contributed by atoms with Gasteiger partial charge in [0.25, 0.3) is 0 Å². The summed E-state index contributed by atoms with van der Waals surface area (Å²) in [7, 11) is 0. The number of pyridine rings is 1. The number of hydrogen-bond acceptors (Lipinski definition) is 3. The van der Waals surface area contributed by atoms with Crippen LogP contribution in [0.1, 0.15) is 5.69 Å². The second kappa shape index (κ2) is 4.74. The Balaban J connectivity index is 1.90. The van der Waals surface area contributed by atoms with E-state index in [0.29, 0.717) is 13.0 Å². The van der Waals surface area contributed by atoms with E-state index in [2.05, 4.69) is 10.3 Å². The zero-order chi connectivity index (χ0) is 11.4. The number of aromatic nitrogens is 1. The highest BCUT2D eigenvalue weighted by atomic mass is 16.2. The summed E-state index contributed by atoms with van der Waals surface area (Å²) in [6, 6.07) is 5.67. The van der Waals surface area contributed by atoms with E-state index in [1.165, 1.54) is 0 Å². The molecule has 0 saturated carbocycles. The lowest BCUT2D eigenvalue weighted by Crippen LogP contribution is -2.52. The molecule has 0 spiro atoms. The minimum atomic E-state index is -0.0966. The van der Waals surface area contributed by atoms with Crippen LogP contribution in [-0.4, -0.2) is 41.3 Å². The minimum Gasteiger partial charge on any atom is -0.345 e. The Labute approximate surface area is 93.5 Å². The van der Waals surface area contributed by atoms with E-state index < -0.39 is 0 Å². The highest BCUT2D eigenvalue weighted by Crippen LogP contribution is 2.00. The lowest BCUT2D eigenvalue weighted by Gasteiger charge is -2.26. The second-order valence-corrected chi connectivity index (χ2v) is 3.66. The van der Waals surface area contributed by atoms with Gasteiger partial charge in [-0.3, -0.25) is 14.6 Å². The molecule has 1 fully saturated rings. The van der Waals surface area contributed by atoms with E-state index in [4.69, 9.17) is 0 Å². The number of rotatable bonds is 3. The molecule has 2 amide bonds. The van der Waals surface area contributed by atoms with Crippen LogP contribution in [0.5, 0.6) is 0 Å². The topological polar surface area (TPSA) is 62.3 Å². The summed E-state index contributed by atoms with van der Waals surface area (Å²) in [4.78, 5) is 28.3. The number of amides is 2. The van der Waals surface area contributed by atoms with Gasteiger partial charge in [-0.1, -0.05) is 6.07 Å². The van der Waals surface area contributed by atoms with Gasteiger partial charge >= 0.3 is 0 Å². The van der Waals surface area contributed by atoms with Gasteiger partial charge in [-0.2, -0.15) is 0 Å². The molecule has 1 aromatic rings. The number of nitrogens with zero attached hydrogens (tertiary/aromatic N) is 2. The number of hydrogen-bond donors (Lipinski definition) is 1. The molecule has 1 saturated heterocycles. The summed E-state index contributed by atoms with van der Waals surface area (Å²) in [5, 5.41) is 2.51. The zero-order valence-electron chi connectivity index (χ0n) is 8.85. The van der Waals surface area contributed by atoms with Gasteiger partial charge in [0.1, 0.15) is 0 Å². The highest BCUT2D eigenvalue weighted by Gasteiger charge is 2.22. The standard InChI is InChI=1S/C11H13N3O2/c15-10-8-14(11(16)7-13-10)6-4-9-3-1-2-5-12-9/h1-3,5H,4,6-8H2,(H,13,15). The van der Waals surface area contributed by atoms with Crippen molar-refractivity contribution in [1.82, 2.24) is 15.2 Å². The average Bonchev–Trinajstić information content (AvgIpc) is 2.32. The van der Waals surface area contributed by atoms with Crippen LogP contribution in [0.15, 0.2) is 24.4 Å². The van der Waals surface area contributed by atoms with E-state index in [-0.39, 0.29) is 24.9 Å². The van der Waals surface area contributed by atoms with Gasteiger partial charge in [0.2, 0.25) is 11.8 Å². The third kappa shape index (κ3) is 2.56. The van der Waals surface area contributed by atoms with E-state index in [9.17, 15) is 9.59 Å². The van der Waals surface area contributed by atoms with Crippen LogP contribution in [0.4, 0.5) is 0 Å². The van der Waals surface area contributed by atoms with Gasteiger partial charge in [-0.25, -0.2) is 0 Å². The fourth-order valence-corrected chi connectivity index (χ4v) is 1.60. The lowest BCUT2D eigenvalue weighted by atomic mass is 10.2. The number of nitrogens with one attached hydrogen (secondary N) is 1. The molecular weight excluding hydrogens is 206 g/mol. The van der Waals surface area contributed by atoms with Crippen LogP contribution in [0.3, 0.4) is 0 Å². The molecule has 0 atom stereocenters. The maximum atomic E-state index is 11.5. The molecule has 5 heteroatoms. The molecule has 0 bridgehead atoms. The van der Waals surface area contributed by atoms with Crippen molar-refractivity contribution in [3.8, 4) is 0 Å². The molecule has 1 aliphatic rings. The van der Waals surface area contributed by atoms with Gasteiger partial charge in [-0.15, -0.1) is 0 Å². The largest absolute Gasteiger partial charge is 0.345 e. The van der Waals surface area contributed by atoms with Gasteiger partial charge in [0.05, 0.1) is 13.1 Å². The first kappa shape index (κ1) is 10.6. The smallest absolute Gasteiger partial charge is 0.242 e. The zero-order valence-corrected chi connectivity index (χ0v) is 8.85. The van der Waals surface area contributed by atoms with Crippen molar-refractivity contribution in [2.45, 2.75) is 6.42 Å². The molecule has 84 valence electrons. The number of piperazine rings is 1. The molecule has 1 N–H and O–H groups in total. The van der Waals surface area contributed by atoms with Crippen molar-refractivity contribution in [3.63, 3.8) is 0 Å². The van der Waals surface area contributed by atoms with Gasteiger partial charge in [-0.05, 0) is 12.1 Å². The summed E-state index contributed by atoms with van der Waals surface area (Å²) in [6.45, 7) is 0.815. The Kier molecular flexibility index (Phi) is 3.14. The van der Waals surface area contributed by atoms with Crippen molar-refractivity contribution >= 4 is 11.8 Å². The average molecular weight is 219 g/mol. The summed E-state index contributed by atoms with van der Waals surface area (Å²) in [5.41, 5.74) is 0.932. The summed E-state index contributed by atoms with van der Waals surface area (Å²) >= 11 is 0. The van der Waals surface area contributed by atoms with Crippen LogP contribution in [0.25, 0.3) is 0 Å². The molecule has 2 rings (SSSR count). The van der Waals surface area contributed by atoms with Gasteiger partial charge < -0.3 is 10.2 Å². The van der Waals surface area contributed by atoms with Crippen molar-refractivity contribution in [1.29, 1.82) is 0 Å². The molecule has 2 heterocycles. The van der Waals surface area contributed by atoms with Gasteiger partial charge in [0, 0.05) is 24.9 Å². The van der Waals surface area contributed by atoms with E-state index in [1.54, 1.807) is 11.1 Å². The molecule has 0 unspecified atom stereocenters. The maximum Gasteiger partial charge on any atom is 0.242 e. The quantitative estimate of drug-likeness (QED) is 0.751. The van der Waals surface area contributed by atoms with Gasteiger partial charge in [0.15, 0.2) is 0 Å². The van der Waals surface area contributed by atoms with Crippen molar-refractivity contribution in [3.05, 3.63) is 30.1 Å². The molecule has 5 nitrogen and oxygen atoms in total. The Morgan fingerprint density at radius 3 is 3.00 bits per heavy atom. The molecule has 1 aliphatic heterocycles. The van der Waals surface area contributed by atoms with Crippen LogP contribution in [-0.2, 0) is 16.0 Å². The summed E-state index contributed by atoms with van der Waals surface area (Å²) < 4.78 is 0. The Morgan fingerprint density at radius 2 is 2.25 bits per heavy atom. The van der Waals surface area contributed by atoms with Crippen molar-refractivity contribution in [2.75, 3.05) is 19.6 Å². The molecular formula is C11H13N3O2. The molecule has 0 aromatic carbocycles. The van der Waals surface area contributed by atoms with Crippen LogP contribution in [0, 0.1) is 0 Å². The Morgan fingerprint density at radius 1 is 1.38 bits per heavy atom. The predicted molar refractivity (Wildman–Crippen MR) is 57.5 cm³/mol. The minimum absolute atomic E-state index is 0.0319.